The molecule has 0 unspecified atom stereocenters. The second-order valence-electron chi connectivity index (χ2n) is 7.15. The minimum atomic E-state index is 0.0832. The van der Waals surface area contributed by atoms with Crippen molar-refractivity contribution in [2.45, 2.75) is 19.4 Å². The van der Waals surface area contributed by atoms with Crippen LogP contribution in [-0.4, -0.2) is 54.3 Å². The van der Waals surface area contributed by atoms with Gasteiger partial charge < -0.3 is 14.7 Å². The van der Waals surface area contributed by atoms with E-state index in [1.165, 1.54) is 5.69 Å². The van der Waals surface area contributed by atoms with E-state index in [4.69, 9.17) is 0 Å². The van der Waals surface area contributed by atoms with Gasteiger partial charge in [-0.2, -0.15) is 0 Å². The molecule has 2 aromatic rings. The molecule has 4 rings (SSSR count). The second-order valence-corrected chi connectivity index (χ2v) is 7.15. The smallest absolute Gasteiger partial charge is 0.253 e. The molecule has 140 valence electrons. The number of anilines is 1. The Kier molecular flexibility index (Phi) is 5.05. The number of rotatable bonds is 4. The summed E-state index contributed by atoms with van der Waals surface area (Å²) in [4.78, 5) is 33.7. The third kappa shape index (κ3) is 3.94. The monoisotopic (exact) mass is 365 g/mol. The molecule has 6 nitrogen and oxygen atoms in total. The molecule has 0 aliphatic carbocycles. The lowest BCUT2D eigenvalue weighted by Crippen LogP contribution is -2.48. The molecule has 2 saturated heterocycles. The Morgan fingerprint density at radius 1 is 0.926 bits per heavy atom. The molecule has 6 heteroatoms. The van der Waals surface area contributed by atoms with Crippen LogP contribution in [0.4, 0.5) is 5.69 Å². The Bertz CT molecular complexity index is 799. The summed E-state index contributed by atoms with van der Waals surface area (Å²) < 4.78 is 0. The van der Waals surface area contributed by atoms with Gasteiger partial charge in [0.05, 0.1) is 0 Å². The number of nitrogens with zero attached hydrogens (tertiary/aromatic N) is 3. The van der Waals surface area contributed by atoms with Crippen molar-refractivity contribution in [1.29, 1.82) is 0 Å². The van der Waals surface area contributed by atoms with Crippen molar-refractivity contribution in [2.24, 2.45) is 0 Å². The fraction of sp³-hybridized carbons (Fsp3) is 0.381. The van der Waals surface area contributed by atoms with Gasteiger partial charge in [-0.1, -0.05) is 12.1 Å². The molecule has 0 atom stereocenters. The number of carbonyl (C=O) groups excluding carboxylic acids is 2. The van der Waals surface area contributed by atoms with Gasteiger partial charge in [0.1, 0.15) is 0 Å². The molecule has 2 fully saturated rings. The third-order valence-corrected chi connectivity index (χ3v) is 5.38. The Balaban J connectivity index is 1.34. The third-order valence-electron chi connectivity index (χ3n) is 5.38. The van der Waals surface area contributed by atoms with Crippen molar-refractivity contribution >= 4 is 17.5 Å². The van der Waals surface area contributed by atoms with Gasteiger partial charge in [-0.15, -0.1) is 0 Å². The van der Waals surface area contributed by atoms with Crippen LogP contribution in [0.15, 0.2) is 48.8 Å². The zero-order valence-electron chi connectivity index (χ0n) is 15.4. The first-order valence-electron chi connectivity index (χ1n) is 9.58. The number of hydrogen-bond donors (Lipinski definition) is 0. The van der Waals surface area contributed by atoms with Crippen LogP contribution in [0, 0.1) is 0 Å². The predicted molar refractivity (Wildman–Crippen MR) is 102 cm³/mol. The van der Waals surface area contributed by atoms with Crippen LogP contribution in [0.25, 0.3) is 0 Å². The SMILES string of the molecule is O=C1CCCN1Cc1ccc(C(=O)N2CCN(c3cc[nH+]cc3)CC2)cc1. The average molecular weight is 365 g/mol. The Morgan fingerprint density at radius 2 is 1.63 bits per heavy atom. The number of pyridine rings is 1. The van der Waals surface area contributed by atoms with Gasteiger partial charge in [0.25, 0.3) is 5.91 Å². The van der Waals surface area contributed by atoms with Gasteiger partial charge in [0.15, 0.2) is 12.4 Å². The number of amides is 2. The molecule has 2 aliphatic rings. The van der Waals surface area contributed by atoms with Crippen LogP contribution >= 0.6 is 0 Å². The first kappa shape index (κ1) is 17.5. The predicted octanol–water partition coefficient (Wildman–Crippen LogP) is 1.59. The van der Waals surface area contributed by atoms with Gasteiger partial charge in [-0.05, 0) is 24.1 Å². The van der Waals surface area contributed by atoms with Crippen LogP contribution in [-0.2, 0) is 11.3 Å². The van der Waals surface area contributed by atoms with E-state index in [1.807, 2.05) is 46.5 Å². The minimum absolute atomic E-state index is 0.0832. The lowest BCUT2D eigenvalue weighted by Gasteiger charge is -2.35. The summed E-state index contributed by atoms with van der Waals surface area (Å²) in [5, 5.41) is 0. The highest BCUT2D eigenvalue weighted by Crippen LogP contribution is 2.18. The zero-order valence-corrected chi connectivity index (χ0v) is 15.4. The summed E-state index contributed by atoms with van der Waals surface area (Å²) in [6, 6.07) is 11.8. The Hall–Kier alpha value is -2.89. The molecule has 0 bridgehead atoms. The van der Waals surface area contributed by atoms with Crippen molar-refractivity contribution in [3.8, 4) is 0 Å². The quantitative estimate of drug-likeness (QED) is 0.827. The van der Waals surface area contributed by atoms with E-state index in [0.717, 1.165) is 44.7 Å². The molecule has 3 heterocycles. The van der Waals surface area contributed by atoms with E-state index in [0.29, 0.717) is 18.5 Å². The fourth-order valence-electron chi connectivity index (χ4n) is 3.78. The number of H-pyrrole nitrogens is 1. The molecule has 2 aliphatic heterocycles. The number of benzene rings is 1. The number of nitrogens with one attached hydrogen (secondary N) is 1. The maximum atomic E-state index is 12.8. The van der Waals surface area contributed by atoms with Gasteiger partial charge in [-0.3, -0.25) is 9.59 Å². The molecule has 0 radical (unpaired) electrons. The minimum Gasteiger partial charge on any atom is -0.368 e. The van der Waals surface area contributed by atoms with E-state index < -0.39 is 0 Å². The summed E-state index contributed by atoms with van der Waals surface area (Å²) in [6.45, 7) is 4.60. The fourth-order valence-corrected chi connectivity index (χ4v) is 3.78. The van der Waals surface area contributed by atoms with E-state index in [2.05, 4.69) is 22.0 Å². The number of aromatic nitrogens is 1. The number of hydrogen-bond acceptors (Lipinski definition) is 3. The maximum Gasteiger partial charge on any atom is 0.253 e. The summed E-state index contributed by atoms with van der Waals surface area (Å²) in [5.74, 6) is 0.309. The highest BCUT2D eigenvalue weighted by Gasteiger charge is 2.23. The van der Waals surface area contributed by atoms with Crippen LogP contribution in [0.3, 0.4) is 0 Å². The van der Waals surface area contributed by atoms with Gasteiger partial charge in [-0.25, -0.2) is 4.98 Å². The lowest BCUT2D eigenvalue weighted by molar-refractivity contribution is -0.377. The number of piperazine rings is 1. The molecular weight excluding hydrogens is 340 g/mol. The normalized spacial score (nSPS) is 17.5. The number of likely N-dealkylation sites (tertiary alicyclic amines) is 1. The first-order chi connectivity index (χ1) is 13.2. The average Bonchev–Trinajstić information content (AvgIpc) is 3.13. The first-order valence-corrected chi connectivity index (χ1v) is 9.58. The molecule has 0 spiro atoms. The van der Waals surface area contributed by atoms with Crippen molar-refractivity contribution in [2.75, 3.05) is 37.6 Å². The van der Waals surface area contributed by atoms with E-state index in [-0.39, 0.29) is 11.8 Å². The van der Waals surface area contributed by atoms with Crippen LogP contribution < -0.4 is 9.88 Å². The van der Waals surface area contributed by atoms with Gasteiger partial charge in [0, 0.05) is 69.1 Å². The van der Waals surface area contributed by atoms with Gasteiger partial charge in [0.2, 0.25) is 5.91 Å². The molecular formula is C21H25N4O2+. The van der Waals surface area contributed by atoms with E-state index in [1.54, 1.807) is 0 Å². The van der Waals surface area contributed by atoms with Crippen molar-refractivity contribution in [3.63, 3.8) is 0 Å². The topological polar surface area (TPSA) is 58.0 Å². The van der Waals surface area contributed by atoms with Crippen LogP contribution in [0.2, 0.25) is 0 Å². The van der Waals surface area contributed by atoms with Crippen LogP contribution in [0.5, 0.6) is 0 Å². The number of aromatic amines is 1. The van der Waals surface area contributed by atoms with Crippen molar-refractivity contribution in [1.82, 2.24) is 9.80 Å². The molecule has 1 aromatic carbocycles. The summed E-state index contributed by atoms with van der Waals surface area (Å²) in [6.07, 6.45) is 5.45. The molecule has 0 saturated carbocycles. The Morgan fingerprint density at radius 3 is 2.26 bits per heavy atom. The molecule has 27 heavy (non-hydrogen) atoms. The largest absolute Gasteiger partial charge is 0.368 e. The number of carbonyl (C=O) groups is 2. The van der Waals surface area contributed by atoms with E-state index in [9.17, 15) is 9.59 Å². The summed E-state index contributed by atoms with van der Waals surface area (Å²) in [5.41, 5.74) is 2.98. The molecule has 1 N–H and O–H groups in total. The standard InChI is InChI=1S/C21H24N4O2/c26-20-2-1-11-25(20)16-17-3-5-18(6-4-17)21(27)24-14-12-23(13-15-24)19-7-9-22-10-8-19/h3-10H,1-2,11-16H2/p+1. The highest BCUT2D eigenvalue weighted by molar-refractivity contribution is 5.94. The Labute approximate surface area is 159 Å². The van der Waals surface area contributed by atoms with E-state index >= 15 is 0 Å². The molecule has 1 aromatic heterocycles. The van der Waals surface area contributed by atoms with Gasteiger partial charge >= 0.3 is 0 Å². The lowest BCUT2D eigenvalue weighted by atomic mass is 10.1. The van der Waals surface area contributed by atoms with Crippen LogP contribution in [0.1, 0.15) is 28.8 Å². The highest BCUT2D eigenvalue weighted by atomic mass is 16.2. The molecule has 2 amide bonds. The summed E-state index contributed by atoms with van der Waals surface area (Å²) in [7, 11) is 0. The second kappa shape index (κ2) is 7.78. The summed E-state index contributed by atoms with van der Waals surface area (Å²) >= 11 is 0. The zero-order chi connectivity index (χ0) is 18.6. The van der Waals surface area contributed by atoms with Crippen molar-refractivity contribution in [3.05, 3.63) is 59.9 Å². The van der Waals surface area contributed by atoms with Crippen molar-refractivity contribution < 1.29 is 14.6 Å². The maximum absolute atomic E-state index is 12.8.